The number of hydrogen-bond donors (Lipinski definition) is 2. The zero-order chi connectivity index (χ0) is 23.8. The molecule has 2 N–H and O–H groups in total. The summed E-state index contributed by atoms with van der Waals surface area (Å²) in [6.45, 7) is 8.85. The average Bonchev–Trinajstić information content (AvgIpc) is 2.86. The molecule has 1 unspecified atom stereocenters. The SMILES string of the molecule is CC(CC(=O)N1CCC(O)(CN2C=CC(NCCN3CCCCC3)=NC2)CC1)c1ccccc1. The number of likely N-dealkylation sites (tertiary alicyclic amines) is 2. The number of amides is 1. The number of hydrogen-bond acceptors (Lipinski definition) is 6. The Morgan fingerprint density at radius 3 is 2.53 bits per heavy atom. The van der Waals surface area contributed by atoms with Crippen molar-refractivity contribution in [3.8, 4) is 0 Å². The minimum Gasteiger partial charge on any atom is -0.388 e. The van der Waals surface area contributed by atoms with Gasteiger partial charge in [-0.05, 0) is 56.3 Å². The van der Waals surface area contributed by atoms with E-state index in [9.17, 15) is 9.90 Å². The smallest absolute Gasteiger partial charge is 0.223 e. The van der Waals surface area contributed by atoms with Crippen LogP contribution in [0.4, 0.5) is 0 Å². The van der Waals surface area contributed by atoms with Gasteiger partial charge in [-0.2, -0.15) is 0 Å². The van der Waals surface area contributed by atoms with Gasteiger partial charge in [-0.1, -0.05) is 43.7 Å². The lowest BCUT2D eigenvalue weighted by molar-refractivity contribution is -0.136. The third-order valence-electron chi connectivity index (χ3n) is 7.44. The van der Waals surface area contributed by atoms with E-state index in [1.54, 1.807) is 0 Å². The van der Waals surface area contributed by atoms with Crippen molar-refractivity contribution in [3.63, 3.8) is 0 Å². The molecule has 34 heavy (non-hydrogen) atoms. The van der Waals surface area contributed by atoms with Gasteiger partial charge in [0.15, 0.2) is 0 Å². The third-order valence-corrected chi connectivity index (χ3v) is 7.44. The van der Waals surface area contributed by atoms with Gasteiger partial charge >= 0.3 is 0 Å². The van der Waals surface area contributed by atoms with Crippen molar-refractivity contribution in [2.75, 3.05) is 52.5 Å². The molecule has 3 heterocycles. The number of carbonyl (C=O) groups is 1. The molecule has 4 rings (SSSR count). The Labute approximate surface area is 204 Å². The lowest BCUT2D eigenvalue weighted by Crippen LogP contribution is -2.51. The monoisotopic (exact) mass is 467 g/mol. The summed E-state index contributed by atoms with van der Waals surface area (Å²) in [5, 5.41) is 14.6. The van der Waals surface area contributed by atoms with Gasteiger partial charge in [-0.15, -0.1) is 0 Å². The Morgan fingerprint density at radius 2 is 1.85 bits per heavy atom. The normalized spacial score (nSPS) is 21.8. The molecule has 1 aromatic carbocycles. The number of aliphatic hydroxyl groups is 1. The van der Waals surface area contributed by atoms with Crippen molar-refractivity contribution in [2.45, 2.75) is 57.0 Å². The van der Waals surface area contributed by atoms with E-state index >= 15 is 0 Å². The molecule has 0 radical (unpaired) electrons. The highest BCUT2D eigenvalue weighted by molar-refractivity contribution is 5.93. The van der Waals surface area contributed by atoms with Crippen LogP contribution in [0.2, 0.25) is 0 Å². The van der Waals surface area contributed by atoms with Crippen LogP contribution in [0.15, 0.2) is 47.6 Å². The molecule has 3 aliphatic rings. The maximum absolute atomic E-state index is 12.8. The van der Waals surface area contributed by atoms with Crippen molar-refractivity contribution < 1.29 is 9.90 Å². The molecule has 3 aliphatic heterocycles. The van der Waals surface area contributed by atoms with Crippen molar-refractivity contribution in [1.29, 1.82) is 0 Å². The first kappa shape index (κ1) is 24.7. The van der Waals surface area contributed by atoms with Crippen LogP contribution in [0.25, 0.3) is 0 Å². The number of nitrogens with zero attached hydrogens (tertiary/aromatic N) is 4. The zero-order valence-corrected chi connectivity index (χ0v) is 20.7. The number of piperidine rings is 2. The molecule has 2 saturated heterocycles. The minimum atomic E-state index is -0.777. The average molecular weight is 468 g/mol. The summed E-state index contributed by atoms with van der Waals surface area (Å²) in [5.74, 6) is 1.31. The highest BCUT2D eigenvalue weighted by atomic mass is 16.3. The minimum absolute atomic E-state index is 0.182. The molecule has 7 nitrogen and oxygen atoms in total. The summed E-state index contributed by atoms with van der Waals surface area (Å²) in [6.07, 6.45) is 9.76. The molecule has 2 fully saturated rings. The van der Waals surface area contributed by atoms with Crippen LogP contribution in [0.1, 0.15) is 56.9 Å². The number of amidine groups is 1. The molecule has 1 amide bonds. The third kappa shape index (κ3) is 7.06. The van der Waals surface area contributed by atoms with Crippen LogP contribution in [-0.4, -0.2) is 89.6 Å². The van der Waals surface area contributed by atoms with E-state index in [1.165, 1.54) is 37.9 Å². The van der Waals surface area contributed by atoms with Gasteiger partial charge in [0, 0.05) is 45.3 Å². The lowest BCUT2D eigenvalue weighted by Gasteiger charge is -2.41. The van der Waals surface area contributed by atoms with Crippen LogP contribution < -0.4 is 5.32 Å². The molecular formula is C27H41N5O2. The summed E-state index contributed by atoms with van der Waals surface area (Å²) in [7, 11) is 0. The molecule has 1 aromatic rings. The summed E-state index contributed by atoms with van der Waals surface area (Å²) < 4.78 is 0. The number of carbonyl (C=O) groups excluding carboxylic acids is 1. The highest BCUT2D eigenvalue weighted by Crippen LogP contribution is 2.26. The fourth-order valence-electron chi connectivity index (χ4n) is 5.18. The van der Waals surface area contributed by atoms with Gasteiger partial charge in [-0.3, -0.25) is 4.79 Å². The highest BCUT2D eigenvalue weighted by Gasteiger charge is 2.35. The van der Waals surface area contributed by atoms with Crippen molar-refractivity contribution >= 4 is 11.7 Å². The summed E-state index contributed by atoms with van der Waals surface area (Å²) in [4.78, 5) is 24.0. The first-order valence-electron chi connectivity index (χ1n) is 13.0. The largest absolute Gasteiger partial charge is 0.388 e. The summed E-state index contributed by atoms with van der Waals surface area (Å²) in [6, 6.07) is 10.2. The van der Waals surface area contributed by atoms with E-state index in [0.29, 0.717) is 45.6 Å². The second-order valence-electron chi connectivity index (χ2n) is 10.2. The fraction of sp³-hybridized carbons (Fsp3) is 0.630. The van der Waals surface area contributed by atoms with Crippen molar-refractivity contribution in [3.05, 3.63) is 48.2 Å². The molecule has 0 aromatic heterocycles. The van der Waals surface area contributed by atoms with E-state index in [-0.39, 0.29) is 11.8 Å². The predicted octanol–water partition coefficient (Wildman–Crippen LogP) is 2.79. The second-order valence-corrected chi connectivity index (χ2v) is 10.2. The van der Waals surface area contributed by atoms with E-state index < -0.39 is 5.60 Å². The van der Waals surface area contributed by atoms with Crippen LogP contribution in [-0.2, 0) is 4.79 Å². The predicted molar refractivity (Wildman–Crippen MR) is 137 cm³/mol. The molecule has 0 spiro atoms. The first-order valence-corrected chi connectivity index (χ1v) is 13.0. The van der Waals surface area contributed by atoms with Gasteiger partial charge < -0.3 is 25.1 Å². The van der Waals surface area contributed by atoms with E-state index in [0.717, 1.165) is 18.9 Å². The molecule has 186 valence electrons. The molecule has 1 atom stereocenters. The van der Waals surface area contributed by atoms with Gasteiger partial charge in [0.25, 0.3) is 0 Å². The topological polar surface area (TPSA) is 71.4 Å². The summed E-state index contributed by atoms with van der Waals surface area (Å²) in [5.41, 5.74) is 0.420. The summed E-state index contributed by atoms with van der Waals surface area (Å²) >= 11 is 0. The Hall–Kier alpha value is -2.38. The van der Waals surface area contributed by atoms with Crippen LogP contribution in [0.5, 0.6) is 0 Å². The Balaban J connectivity index is 1.15. The zero-order valence-electron chi connectivity index (χ0n) is 20.7. The number of benzene rings is 1. The fourth-order valence-corrected chi connectivity index (χ4v) is 5.18. The van der Waals surface area contributed by atoms with E-state index in [2.05, 4.69) is 39.2 Å². The van der Waals surface area contributed by atoms with Crippen LogP contribution in [0.3, 0.4) is 0 Å². The van der Waals surface area contributed by atoms with Crippen molar-refractivity contribution in [1.82, 2.24) is 20.0 Å². The van der Waals surface area contributed by atoms with Crippen LogP contribution >= 0.6 is 0 Å². The van der Waals surface area contributed by atoms with Gasteiger partial charge in [0.2, 0.25) is 5.91 Å². The Kier molecular flexibility index (Phi) is 8.62. The molecule has 0 bridgehead atoms. The van der Waals surface area contributed by atoms with E-state index in [1.807, 2.05) is 35.4 Å². The van der Waals surface area contributed by atoms with Crippen LogP contribution in [0, 0.1) is 0 Å². The second kappa shape index (κ2) is 11.8. The van der Waals surface area contributed by atoms with Gasteiger partial charge in [0.1, 0.15) is 12.5 Å². The maximum Gasteiger partial charge on any atom is 0.223 e. The molecule has 0 saturated carbocycles. The first-order chi connectivity index (χ1) is 16.5. The van der Waals surface area contributed by atoms with Gasteiger partial charge in [0.05, 0.1) is 5.60 Å². The van der Waals surface area contributed by atoms with Crippen molar-refractivity contribution in [2.24, 2.45) is 4.99 Å². The molecular weight excluding hydrogens is 426 g/mol. The molecule has 7 heteroatoms. The lowest BCUT2D eigenvalue weighted by atomic mass is 9.90. The standard InChI is InChI=1S/C27H41N5O2/c1-23(24-8-4-2-5-9-24)20-26(33)32-17-11-27(34,12-18-32)21-31-16-10-25(29-22-31)28-13-19-30-14-6-3-7-15-30/h2,4-5,8-10,16,23,34H,3,6-7,11-15,17-22H2,1H3,(H,28,29). The van der Waals surface area contributed by atoms with E-state index in [4.69, 9.17) is 0 Å². The molecule has 0 aliphatic carbocycles. The quantitative estimate of drug-likeness (QED) is 0.615. The Morgan fingerprint density at radius 1 is 1.12 bits per heavy atom. The number of β-amino-alcohol motifs (C(OH)–C–C–N with tert-alkyl or cyclic N) is 1. The number of nitrogens with one attached hydrogen (secondary N) is 1. The number of aliphatic imine (C=N–C) groups is 1. The number of rotatable bonds is 8. The van der Waals surface area contributed by atoms with Gasteiger partial charge in [-0.25, -0.2) is 4.99 Å². The maximum atomic E-state index is 12.8. The Bertz CT molecular complexity index is 842.